The van der Waals surface area contributed by atoms with Crippen LogP contribution in [-0.4, -0.2) is 7.05 Å². The second kappa shape index (κ2) is 5.22. The molecule has 0 bridgehead atoms. The van der Waals surface area contributed by atoms with E-state index in [1.807, 2.05) is 0 Å². The van der Waals surface area contributed by atoms with Gasteiger partial charge in [0.05, 0.1) is 5.56 Å². The van der Waals surface area contributed by atoms with Crippen molar-refractivity contribution in [2.75, 3.05) is 12.8 Å². The van der Waals surface area contributed by atoms with Crippen molar-refractivity contribution in [3.05, 3.63) is 41.7 Å². The number of nitrogen functional groups attached to an aromatic ring is 1. The summed E-state index contributed by atoms with van der Waals surface area (Å²) in [5.41, 5.74) is 9.04. The number of halogens is 4. The van der Waals surface area contributed by atoms with E-state index in [1.165, 1.54) is 31.3 Å². The molecule has 2 nitrogen and oxygen atoms in total. The lowest BCUT2D eigenvalue weighted by Gasteiger charge is -2.11. The third-order valence-electron chi connectivity index (χ3n) is 2.28. The monoisotopic (exact) mass is 260 g/mol. The largest absolute Gasteiger partial charge is 0.419 e. The highest BCUT2D eigenvalue weighted by Gasteiger charge is 2.35. The van der Waals surface area contributed by atoms with Gasteiger partial charge >= 0.3 is 6.18 Å². The van der Waals surface area contributed by atoms with Crippen molar-refractivity contribution < 1.29 is 17.6 Å². The van der Waals surface area contributed by atoms with E-state index in [2.05, 4.69) is 5.73 Å². The van der Waals surface area contributed by atoms with Gasteiger partial charge in [0.2, 0.25) is 0 Å². The highest BCUT2D eigenvalue weighted by molar-refractivity contribution is 5.88. The molecule has 0 saturated carbocycles. The fourth-order valence-corrected chi connectivity index (χ4v) is 1.61. The molecular weight excluding hydrogens is 248 g/mol. The number of alkyl halides is 3. The van der Waals surface area contributed by atoms with Crippen LogP contribution in [0.25, 0.3) is 10.8 Å². The molecule has 0 radical (unpaired) electrons. The molecule has 2 rings (SSSR count). The molecule has 0 amide bonds. The van der Waals surface area contributed by atoms with E-state index in [0.717, 1.165) is 6.07 Å². The van der Waals surface area contributed by atoms with E-state index in [4.69, 9.17) is 5.73 Å². The van der Waals surface area contributed by atoms with Crippen molar-refractivity contribution in [3.8, 4) is 0 Å². The topological polar surface area (TPSA) is 52.0 Å². The third kappa shape index (κ3) is 2.70. The maximum absolute atomic E-state index is 13.2. The summed E-state index contributed by atoms with van der Waals surface area (Å²) < 4.78 is 51.0. The Labute approximate surface area is 101 Å². The summed E-state index contributed by atoms with van der Waals surface area (Å²) >= 11 is 0. The zero-order valence-electron chi connectivity index (χ0n) is 9.55. The lowest BCUT2D eigenvalue weighted by atomic mass is 10.0. The van der Waals surface area contributed by atoms with Gasteiger partial charge in [-0.25, -0.2) is 4.39 Å². The lowest BCUT2D eigenvalue weighted by molar-refractivity contribution is -0.138. The lowest BCUT2D eigenvalue weighted by Crippen LogP contribution is -2.09. The molecule has 0 aromatic heterocycles. The van der Waals surface area contributed by atoms with Crippen molar-refractivity contribution in [3.63, 3.8) is 0 Å². The van der Waals surface area contributed by atoms with Gasteiger partial charge in [-0.15, -0.1) is 0 Å². The zero-order chi connectivity index (χ0) is 13.9. The molecule has 0 unspecified atom stereocenters. The van der Waals surface area contributed by atoms with Crippen LogP contribution < -0.4 is 11.5 Å². The van der Waals surface area contributed by atoms with Gasteiger partial charge in [0, 0.05) is 5.69 Å². The minimum atomic E-state index is -4.71. The van der Waals surface area contributed by atoms with Crippen LogP contribution in [0.1, 0.15) is 5.56 Å². The van der Waals surface area contributed by atoms with Gasteiger partial charge in [-0.05, 0) is 36.0 Å². The summed E-state index contributed by atoms with van der Waals surface area (Å²) in [6.07, 6.45) is -4.71. The first kappa shape index (κ1) is 14.2. The van der Waals surface area contributed by atoms with Gasteiger partial charge in [0.25, 0.3) is 0 Å². The number of anilines is 1. The molecule has 6 heteroatoms. The van der Waals surface area contributed by atoms with Gasteiger partial charge in [-0.2, -0.15) is 13.2 Å². The average molecular weight is 260 g/mol. The van der Waals surface area contributed by atoms with Crippen molar-refractivity contribution in [2.24, 2.45) is 5.73 Å². The van der Waals surface area contributed by atoms with Crippen LogP contribution in [0.4, 0.5) is 23.2 Å². The van der Waals surface area contributed by atoms with E-state index in [-0.39, 0.29) is 10.8 Å². The number of fused-ring (bicyclic) bond motifs is 1. The van der Waals surface area contributed by atoms with E-state index in [0.29, 0.717) is 5.69 Å². The Bertz CT molecular complexity index is 550. The first-order valence-corrected chi connectivity index (χ1v) is 5.02. The first-order chi connectivity index (χ1) is 8.39. The number of hydrogen-bond donors (Lipinski definition) is 2. The fourth-order valence-electron chi connectivity index (χ4n) is 1.61. The number of benzene rings is 2. The third-order valence-corrected chi connectivity index (χ3v) is 2.28. The Morgan fingerprint density at radius 1 is 1.00 bits per heavy atom. The molecule has 18 heavy (non-hydrogen) atoms. The number of hydrogen-bond acceptors (Lipinski definition) is 2. The van der Waals surface area contributed by atoms with Gasteiger partial charge in [0.15, 0.2) is 0 Å². The molecule has 0 aliphatic carbocycles. The minimum Gasteiger partial charge on any atom is -0.399 e. The molecule has 0 heterocycles. The van der Waals surface area contributed by atoms with Crippen LogP contribution in [0, 0.1) is 5.82 Å². The smallest absolute Gasteiger partial charge is 0.399 e. The van der Waals surface area contributed by atoms with E-state index in [9.17, 15) is 17.6 Å². The highest BCUT2D eigenvalue weighted by Crippen LogP contribution is 2.37. The molecule has 0 aliphatic rings. The zero-order valence-corrected chi connectivity index (χ0v) is 9.55. The van der Waals surface area contributed by atoms with Crippen molar-refractivity contribution >= 4 is 16.5 Å². The summed E-state index contributed by atoms with van der Waals surface area (Å²) in [7, 11) is 1.50. The minimum absolute atomic E-state index is 0.179. The average Bonchev–Trinajstić information content (AvgIpc) is 2.30. The molecular formula is C12H12F4N2. The second-order valence-corrected chi connectivity index (χ2v) is 3.40. The summed E-state index contributed by atoms with van der Waals surface area (Å²) in [6.45, 7) is 0. The van der Waals surface area contributed by atoms with Crippen LogP contribution in [0.2, 0.25) is 0 Å². The summed E-state index contributed by atoms with van der Waals surface area (Å²) in [4.78, 5) is 0. The quantitative estimate of drug-likeness (QED) is 0.564. The van der Waals surface area contributed by atoms with Gasteiger partial charge in [-0.1, -0.05) is 12.1 Å². The van der Waals surface area contributed by atoms with E-state index >= 15 is 0 Å². The fraction of sp³-hybridized carbons (Fsp3) is 0.167. The normalized spacial score (nSPS) is 11.0. The molecule has 2 aromatic rings. The summed E-state index contributed by atoms with van der Waals surface area (Å²) in [6, 6.07) is 5.94. The highest BCUT2D eigenvalue weighted by atomic mass is 19.4. The second-order valence-electron chi connectivity index (χ2n) is 3.40. The van der Waals surface area contributed by atoms with Crippen LogP contribution in [0.3, 0.4) is 0 Å². The Morgan fingerprint density at radius 3 is 2.17 bits per heavy atom. The number of nitrogens with two attached hydrogens (primary N) is 2. The van der Waals surface area contributed by atoms with Crippen LogP contribution in [-0.2, 0) is 6.18 Å². The molecule has 4 N–H and O–H groups in total. The van der Waals surface area contributed by atoms with Crippen LogP contribution >= 0.6 is 0 Å². The molecule has 0 atom stereocenters. The maximum atomic E-state index is 13.2. The van der Waals surface area contributed by atoms with Crippen LogP contribution in [0.5, 0.6) is 0 Å². The summed E-state index contributed by atoms with van der Waals surface area (Å²) in [5, 5.41) is 0.0930. The maximum Gasteiger partial charge on any atom is 0.419 e. The summed E-state index contributed by atoms with van der Waals surface area (Å²) in [5.74, 6) is -1.27. The SMILES string of the molecule is CN.Nc1ccc2c(C(F)(F)F)c(F)ccc2c1. The number of rotatable bonds is 0. The van der Waals surface area contributed by atoms with Crippen LogP contribution in [0.15, 0.2) is 30.3 Å². The Morgan fingerprint density at radius 2 is 1.61 bits per heavy atom. The van der Waals surface area contributed by atoms with Crippen molar-refractivity contribution in [1.82, 2.24) is 0 Å². The molecule has 2 aromatic carbocycles. The predicted octanol–water partition coefficient (Wildman–Crippen LogP) is 3.15. The standard InChI is InChI=1S/C11H7F4N.CH5N/c12-9-4-1-6-5-7(16)2-3-8(6)10(9)11(13,14)15;1-2/h1-5H,16H2;2H2,1H3. The predicted molar refractivity (Wildman–Crippen MR) is 63.4 cm³/mol. The Hall–Kier alpha value is -1.82. The molecule has 0 aliphatic heterocycles. The van der Waals surface area contributed by atoms with Gasteiger partial charge in [0.1, 0.15) is 5.82 Å². The Balaban J connectivity index is 0.000000771. The molecule has 0 fully saturated rings. The van der Waals surface area contributed by atoms with E-state index in [1.54, 1.807) is 0 Å². The van der Waals surface area contributed by atoms with Crippen molar-refractivity contribution in [2.45, 2.75) is 6.18 Å². The Kier molecular flexibility index (Phi) is 4.13. The first-order valence-electron chi connectivity index (χ1n) is 5.02. The molecule has 0 saturated heterocycles. The van der Waals surface area contributed by atoms with Gasteiger partial charge < -0.3 is 11.5 Å². The van der Waals surface area contributed by atoms with E-state index < -0.39 is 17.6 Å². The molecule has 0 spiro atoms. The van der Waals surface area contributed by atoms with Gasteiger partial charge in [-0.3, -0.25) is 0 Å². The molecule has 98 valence electrons. The van der Waals surface area contributed by atoms with Crippen molar-refractivity contribution in [1.29, 1.82) is 0 Å².